The van der Waals surface area contributed by atoms with Crippen LogP contribution in [0.25, 0.3) is 0 Å². The molecule has 0 bridgehead atoms. The van der Waals surface area contributed by atoms with E-state index in [1.54, 1.807) is 0 Å². The average Bonchev–Trinajstić information content (AvgIpc) is 3.23. The number of piperazine rings is 1. The van der Waals surface area contributed by atoms with Crippen molar-refractivity contribution in [1.82, 2.24) is 5.32 Å². The molecule has 1 aliphatic heterocycles. The van der Waals surface area contributed by atoms with Crippen molar-refractivity contribution >= 4 is 11.4 Å². The Bertz CT molecular complexity index is 453. The lowest BCUT2D eigenvalue weighted by Crippen LogP contribution is -2.60. The number of hydrogen-bond donors (Lipinski definition) is 1. The number of anilines is 2. The second-order valence-electron chi connectivity index (χ2n) is 6.45. The standard InChI is InChI=1S/C16H25N3/c1-16(13-7-8-13)12-19(10-9-17-16)15-6-4-5-14(11-15)18(2)3/h4-6,11,13,17H,7-10,12H2,1-3H3. The van der Waals surface area contributed by atoms with Crippen LogP contribution < -0.4 is 15.1 Å². The Hall–Kier alpha value is -1.22. The summed E-state index contributed by atoms with van der Waals surface area (Å²) in [6.45, 7) is 5.74. The lowest BCUT2D eigenvalue weighted by atomic mass is 9.92. The lowest BCUT2D eigenvalue weighted by molar-refractivity contribution is 0.285. The minimum absolute atomic E-state index is 0.312. The molecule has 3 rings (SSSR count). The van der Waals surface area contributed by atoms with E-state index in [2.05, 4.69) is 60.4 Å². The maximum absolute atomic E-state index is 3.74. The zero-order valence-corrected chi connectivity index (χ0v) is 12.3. The van der Waals surface area contributed by atoms with Crippen LogP contribution in [0.4, 0.5) is 11.4 Å². The number of hydrogen-bond acceptors (Lipinski definition) is 3. The van der Waals surface area contributed by atoms with Gasteiger partial charge in [0.2, 0.25) is 0 Å². The van der Waals surface area contributed by atoms with Crippen LogP contribution in [0.1, 0.15) is 19.8 Å². The van der Waals surface area contributed by atoms with Gasteiger partial charge in [-0.3, -0.25) is 0 Å². The quantitative estimate of drug-likeness (QED) is 0.899. The molecule has 1 saturated heterocycles. The van der Waals surface area contributed by atoms with Crippen LogP contribution in [-0.2, 0) is 0 Å². The van der Waals surface area contributed by atoms with Crippen molar-refractivity contribution in [3.8, 4) is 0 Å². The number of benzene rings is 1. The lowest BCUT2D eigenvalue weighted by Gasteiger charge is -2.43. The third-order valence-corrected chi connectivity index (χ3v) is 4.62. The monoisotopic (exact) mass is 259 g/mol. The Morgan fingerprint density at radius 2 is 2.11 bits per heavy atom. The molecular weight excluding hydrogens is 234 g/mol. The van der Waals surface area contributed by atoms with E-state index < -0.39 is 0 Å². The molecule has 1 aliphatic carbocycles. The van der Waals surface area contributed by atoms with Crippen LogP contribution in [0.15, 0.2) is 24.3 Å². The van der Waals surface area contributed by atoms with Gasteiger partial charge in [-0.2, -0.15) is 0 Å². The maximum Gasteiger partial charge on any atom is 0.0388 e. The van der Waals surface area contributed by atoms with Crippen molar-refractivity contribution in [3.05, 3.63) is 24.3 Å². The summed E-state index contributed by atoms with van der Waals surface area (Å²) in [5.41, 5.74) is 2.95. The molecule has 0 radical (unpaired) electrons. The molecule has 104 valence electrons. The van der Waals surface area contributed by atoms with E-state index in [4.69, 9.17) is 0 Å². The molecule has 0 spiro atoms. The molecule has 1 saturated carbocycles. The summed E-state index contributed by atoms with van der Waals surface area (Å²) in [6, 6.07) is 8.89. The van der Waals surface area contributed by atoms with Crippen molar-refractivity contribution in [2.24, 2.45) is 5.92 Å². The molecule has 1 atom stereocenters. The first-order valence-corrected chi connectivity index (χ1v) is 7.36. The zero-order chi connectivity index (χ0) is 13.5. The molecule has 3 heteroatoms. The van der Waals surface area contributed by atoms with Gasteiger partial charge < -0.3 is 15.1 Å². The van der Waals surface area contributed by atoms with Crippen LogP contribution in [-0.4, -0.2) is 39.3 Å². The van der Waals surface area contributed by atoms with Gasteiger partial charge >= 0.3 is 0 Å². The summed E-state index contributed by atoms with van der Waals surface area (Å²) in [6.07, 6.45) is 2.80. The summed E-state index contributed by atoms with van der Waals surface area (Å²) in [7, 11) is 4.20. The summed E-state index contributed by atoms with van der Waals surface area (Å²) in [5, 5.41) is 3.74. The van der Waals surface area contributed by atoms with Gasteiger partial charge in [0, 0.05) is 50.6 Å². The molecular formula is C16H25N3. The van der Waals surface area contributed by atoms with E-state index in [1.807, 2.05) is 0 Å². The third-order valence-electron chi connectivity index (χ3n) is 4.62. The minimum atomic E-state index is 0.312. The zero-order valence-electron chi connectivity index (χ0n) is 12.3. The average molecular weight is 259 g/mol. The second-order valence-corrected chi connectivity index (χ2v) is 6.45. The van der Waals surface area contributed by atoms with Crippen molar-refractivity contribution in [3.63, 3.8) is 0 Å². The molecule has 1 unspecified atom stereocenters. The Labute approximate surface area is 116 Å². The summed E-state index contributed by atoms with van der Waals surface area (Å²) in [4.78, 5) is 4.72. The van der Waals surface area contributed by atoms with Crippen LogP contribution >= 0.6 is 0 Å². The smallest absolute Gasteiger partial charge is 0.0388 e. The Morgan fingerprint density at radius 1 is 1.32 bits per heavy atom. The predicted octanol–water partition coefficient (Wildman–Crippen LogP) is 2.33. The van der Waals surface area contributed by atoms with Crippen LogP contribution in [0.3, 0.4) is 0 Å². The first-order chi connectivity index (χ1) is 9.08. The van der Waals surface area contributed by atoms with Gasteiger partial charge in [0.15, 0.2) is 0 Å². The first kappa shape index (κ1) is 12.8. The van der Waals surface area contributed by atoms with Gasteiger partial charge in [-0.25, -0.2) is 0 Å². The topological polar surface area (TPSA) is 18.5 Å². The molecule has 3 nitrogen and oxygen atoms in total. The molecule has 0 amide bonds. The van der Waals surface area contributed by atoms with Crippen molar-refractivity contribution in [1.29, 1.82) is 0 Å². The second kappa shape index (κ2) is 4.71. The van der Waals surface area contributed by atoms with E-state index in [9.17, 15) is 0 Å². The highest BCUT2D eigenvalue weighted by molar-refractivity contribution is 5.59. The van der Waals surface area contributed by atoms with Gasteiger partial charge in [-0.15, -0.1) is 0 Å². The Balaban J connectivity index is 1.79. The Morgan fingerprint density at radius 3 is 2.79 bits per heavy atom. The normalized spacial score (nSPS) is 27.4. The molecule has 1 aromatic rings. The van der Waals surface area contributed by atoms with E-state index in [1.165, 1.54) is 24.2 Å². The van der Waals surface area contributed by atoms with Gasteiger partial charge in [-0.05, 0) is 43.9 Å². The highest BCUT2D eigenvalue weighted by Crippen LogP contribution is 2.41. The van der Waals surface area contributed by atoms with Crippen molar-refractivity contribution < 1.29 is 0 Å². The summed E-state index contributed by atoms with van der Waals surface area (Å²) in [5.74, 6) is 0.882. The number of nitrogens with one attached hydrogen (secondary N) is 1. The van der Waals surface area contributed by atoms with Crippen LogP contribution in [0.2, 0.25) is 0 Å². The molecule has 0 aromatic heterocycles. The summed E-state index contributed by atoms with van der Waals surface area (Å²) >= 11 is 0. The van der Waals surface area contributed by atoms with E-state index in [0.29, 0.717) is 5.54 Å². The molecule has 1 heterocycles. The fraction of sp³-hybridized carbons (Fsp3) is 0.625. The summed E-state index contributed by atoms with van der Waals surface area (Å²) < 4.78 is 0. The van der Waals surface area contributed by atoms with Crippen LogP contribution in [0, 0.1) is 5.92 Å². The molecule has 2 fully saturated rings. The highest BCUT2D eigenvalue weighted by atomic mass is 15.2. The van der Waals surface area contributed by atoms with Crippen LogP contribution in [0.5, 0.6) is 0 Å². The number of nitrogens with zero attached hydrogens (tertiary/aromatic N) is 2. The SMILES string of the molecule is CN(C)c1cccc(N2CCNC(C)(C3CC3)C2)c1. The van der Waals surface area contributed by atoms with E-state index >= 15 is 0 Å². The first-order valence-electron chi connectivity index (χ1n) is 7.36. The van der Waals surface area contributed by atoms with Gasteiger partial charge in [0.1, 0.15) is 0 Å². The van der Waals surface area contributed by atoms with Crippen molar-refractivity contribution in [2.45, 2.75) is 25.3 Å². The van der Waals surface area contributed by atoms with E-state index in [0.717, 1.165) is 25.6 Å². The maximum atomic E-state index is 3.74. The molecule has 1 aromatic carbocycles. The fourth-order valence-corrected chi connectivity index (χ4v) is 3.19. The van der Waals surface area contributed by atoms with Gasteiger partial charge in [0.25, 0.3) is 0 Å². The predicted molar refractivity (Wildman–Crippen MR) is 82.1 cm³/mol. The van der Waals surface area contributed by atoms with Crippen molar-refractivity contribution in [2.75, 3.05) is 43.5 Å². The van der Waals surface area contributed by atoms with Gasteiger partial charge in [0.05, 0.1) is 0 Å². The fourth-order valence-electron chi connectivity index (χ4n) is 3.19. The van der Waals surface area contributed by atoms with E-state index in [-0.39, 0.29) is 0 Å². The largest absolute Gasteiger partial charge is 0.378 e. The minimum Gasteiger partial charge on any atom is -0.378 e. The Kier molecular flexibility index (Phi) is 3.17. The highest BCUT2D eigenvalue weighted by Gasteiger charge is 2.43. The number of rotatable bonds is 3. The molecule has 2 aliphatic rings. The third kappa shape index (κ3) is 2.57. The van der Waals surface area contributed by atoms with Gasteiger partial charge in [-0.1, -0.05) is 6.07 Å². The molecule has 19 heavy (non-hydrogen) atoms. The molecule has 1 N–H and O–H groups in total.